The van der Waals surface area contributed by atoms with Crippen LogP contribution in [0.5, 0.6) is 0 Å². The summed E-state index contributed by atoms with van der Waals surface area (Å²) in [5.74, 6) is 1.12. The zero-order chi connectivity index (χ0) is 16.7. The molecule has 1 saturated heterocycles. The maximum atomic E-state index is 13.7. The summed E-state index contributed by atoms with van der Waals surface area (Å²) in [6, 6.07) is 0. The summed E-state index contributed by atoms with van der Waals surface area (Å²) in [5, 5.41) is 8.65. The molecule has 1 aliphatic carbocycles. The smallest absolute Gasteiger partial charge is 0.291 e. The molecule has 0 radical (unpaired) electrons. The fourth-order valence-electron chi connectivity index (χ4n) is 3.42. The Labute approximate surface area is 139 Å². The van der Waals surface area contributed by atoms with Crippen LogP contribution in [-0.2, 0) is 19.3 Å². The lowest BCUT2D eigenvalue weighted by atomic mass is 10.00. The lowest BCUT2D eigenvalue weighted by Gasteiger charge is -2.36. The van der Waals surface area contributed by atoms with Crippen molar-refractivity contribution in [2.24, 2.45) is 5.73 Å². The first-order chi connectivity index (χ1) is 11.7. The molecular formula is C16H21FN6O. The SMILES string of the molecule is CCc1nn(-c2noc(C3CN(CCN)C3)n2)c2c1CC=C(F)C2. The molecule has 2 aliphatic rings. The minimum absolute atomic E-state index is 0.133. The number of halogens is 1. The standard InChI is InChI=1S/C16H21FN6O/c1-2-13-12-4-3-11(17)7-14(12)23(20-13)16-19-15(24-21-16)10-8-22(9-10)6-5-18/h3,10H,2,4-9,18H2,1H3. The van der Waals surface area contributed by atoms with Gasteiger partial charge in [0.1, 0.15) is 5.83 Å². The van der Waals surface area contributed by atoms with Gasteiger partial charge in [-0.15, -0.1) is 0 Å². The maximum Gasteiger partial charge on any atom is 0.291 e. The lowest BCUT2D eigenvalue weighted by Crippen LogP contribution is -2.47. The number of aromatic nitrogens is 4. The van der Waals surface area contributed by atoms with E-state index in [-0.39, 0.29) is 18.2 Å². The summed E-state index contributed by atoms with van der Waals surface area (Å²) in [4.78, 5) is 6.75. The first kappa shape index (κ1) is 15.5. The molecule has 1 fully saturated rings. The van der Waals surface area contributed by atoms with Crippen molar-refractivity contribution in [3.05, 3.63) is 34.7 Å². The Kier molecular flexibility index (Phi) is 3.93. The number of rotatable bonds is 5. The van der Waals surface area contributed by atoms with Crippen molar-refractivity contribution >= 4 is 0 Å². The van der Waals surface area contributed by atoms with Crippen LogP contribution >= 0.6 is 0 Å². The van der Waals surface area contributed by atoms with E-state index in [4.69, 9.17) is 10.3 Å². The van der Waals surface area contributed by atoms with E-state index in [9.17, 15) is 4.39 Å². The molecule has 3 heterocycles. The second kappa shape index (κ2) is 6.10. The van der Waals surface area contributed by atoms with Crippen LogP contribution in [0.4, 0.5) is 4.39 Å². The first-order valence-electron chi connectivity index (χ1n) is 8.40. The Bertz CT molecular complexity index is 774. The third-order valence-electron chi connectivity index (χ3n) is 4.74. The topological polar surface area (TPSA) is 86.0 Å². The second-order valence-corrected chi connectivity index (χ2v) is 6.35. The third-order valence-corrected chi connectivity index (χ3v) is 4.74. The maximum absolute atomic E-state index is 13.7. The Morgan fingerprint density at radius 1 is 1.42 bits per heavy atom. The van der Waals surface area contributed by atoms with Crippen LogP contribution in [0.3, 0.4) is 0 Å². The van der Waals surface area contributed by atoms with Gasteiger partial charge in [-0.1, -0.05) is 6.92 Å². The zero-order valence-corrected chi connectivity index (χ0v) is 13.7. The van der Waals surface area contributed by atoms with Crippen LogP contribution in [0.25, 0.3) is 5.95 Å². The van der Waals surface area contributed by atoms with Crippen LogP contribution in [-0.4, -0.2) is 51.0 Å². The first-order valence-corrected chi connectivity index (χ1v) is 8.40. The van der Waals surface area contributed by atoms with Crippen LogP contribution in [0.2, 0.25) is 0 Å². The molecule has 4 rings (SSSR count). The zero-order valence-electron chi connectivity index (χ0n) is 13.7. The number of likely N-dealkylation sites (tertiary alicyclic amines) is 1. The summed E-state index contributed by atoms with van der Waals surface area (Å²) in [6.45, 7) is 5.35. The van der Waals surface area contributed by atoms with Gasteiger partial charge in [0, 0.05) is 38.2 Å². The Morgan fingerprint density at radius 2 is 2.25 bits per heavy atom. The molecule has 0 saturated carbocycles. The highest BCUT2D eigenvalue weighted by Crippen LogP contribution is 2.29. The number of allylic oxidation sites excluding steroid dienone is 2. The van der Waals surface area contributed by atoms with Crippen molar-refractivity contribution in [3.63, 3.8) is 0 Å². The van der Waals surface area contributed by atoms with Crippen molar-refractivity contribution in [2.75, 3.05) is 26.2 Å². The molecular weight excluding hydrogens is 311 g/mol. The normalized spacial score (nSPS) is 18.4. The fraction of sp³-hybridized carbons (Fsp3) is 0.562. The van der Waals surface area contributed by atoms with Gasteiger partial charge >= 0.3 is 0 Å². The highest BCUT2D eigenvalue weighted by atomic mass is 19.1. The Balaban J connectivity index is 1.59. The van der Waals surface area contributed by atoms with Crippen molar-refractivity contribution in [3.8, 4) is 5.95 Å². The molecule has 0 spiro atoms. The second-order valence-electron chi connectivity index (χ2n) is 6.35. The monoisotopic (exact) mass is 332 g/mol. The van der Waals surface area contributed by atoms with Gasteiger partial charge < -0.3 is 15.2 Å². The predicted molar refractivity (Wildman–Crippen MR) is 85.6 cm³/mol. The van der Waals surface area contributed by atoms with E-state index < -0.39 is 0 Å². The summed E-state index contributed by atoms with van der Waals surface area (Å²) < 4.78 is 20.8. The molecule has 0 aromatic carbocycles. The summed E-state index contributed by atoms with van der Waals surface area (Å²) in [7, 11) is 0. The van der Waals surface area contributed by atoms with Gasteiger partial charge in [-0.05, 0) is 24.1 Å². The fourth-order valence-corrected chi connectivity index (χ4v) is 3.42. The van der Waals surface area contributed by atoms with E-state index in [0.717, 1.165) is 43.0 Å². The van der Waals surface area contributed by atoms with Crippen molar-refractivity contribution in [1.29, 1.82) is 0 Å². The molecule has 0 unspecified atom stereocenters. The van der Waals surface area contributed by atoms with Gasteiger partial charge in [0.05, 0.1) is 17.3 Å². The van der Waals surface area contributed by atoms with Crippen LogP contribution in [0, 0.1) is 0 Å². The van der Waals surface area contributed by atoms with E-state index in [1.807, 2.05) is 6.92 Å². The number of nitrogens with two attached hydrogens (primary N) is 1. The summed E-state index contributed by atoms with van der Waals surface area (Å²) in [6.07, 6.45) is 3.23. The number of fused-ring (bicyclic) bond motifs is 1. The molecule has 8 heteroatoms. The molecule has 2 aromatic rings. The van der Waals surface area contributed by atoms with Crippen molar-refractivity contribution in [2.45, 2.75) is 32.1 Å². The van der Waals surface area contributed by atoms with E-state index in [0.29, 0.717) is 24.8 Å². The average molecular weight is 332 g/mol. The van der Waals surface area contributed by atoms with Crippen LogP contribution in [0.1, 0.15) is 35.7 Å². The largest absolute Gasteiger partial charge is 0.337 e. The minimum Gasteiger partial charge on any atom is -0.337 e. The molecule has 128 valence electrons. The Hall–Kier alpha value is -2.06. The summed E-state index contributed by atoms with van der Waals surface area (Å²) >= 11 is 0. The summed E-state index contributed by atoms with van der Waals surface area (Å²) in [5.41, 5.74) is 8.44. The molecule has 0 atom stereocenters. The van der Waals surface area contributed by atoms with E-state index in [1.54, 1.807) is 10.8 Å². The molecule has 2 N–H and O–H groups in total. The highest BCUT2D eigenvalue weighted by Gasteiger charge is 2.33. The minimum atomic E-state index is -0.133. The van der Waals surface area contributed by atoms with Gasteiger partial charge in [-0.3, -0.25) is 0 Å². The number of hydrogen-bond acceptors (Lipinski definition) is 6. The van der Waals surface area contributed by atoms with E-state index in [2.05, 4.69) is 20.1 Å². The van der Waals surface area contributed by atoms with Gasteiger partial charge in [0.2, 0.25) is 5.89 Å². The molecule has 0 bridgehead atoms. The van der Waals surface area contributed by atoms with Gasteiger partial charge in [-0.25, -0.2) is 4.39 Å². The van der Waals surface area contributed by atoms with Gasteiger partial charge in [0.15, 0.2) is 0 Å². The van der Waals surface area contributed by atoms with Crippen molar-refractivity contribution < 1.29 is 8.91 Å². The van der Waals surface area contributed by atoms with Crippen LogP contribution in [0.15, 0.2) is 16.4 Å². The average Bonchev–Trinajstić information content (AvgIpc) is 3.14. The Morgan fingerprint density at radius 3 is 3.00 bits per heavy atom. The quantitative estimate of drug-likeness (QED) is 0.883. The van der Waals surface area contributed by atoms with E-state index in [1.165, 1.54) is 0 Å². The molecule has 2 aromatic heterocycles. The lowest BCUT2D eigenvalue weighted by molar-refractivity contribution is 0.129. The molecule has 24 heavy (non-hydrogen) atoms. The number of aryl methyl sites for hydroxylation is 1. The molecule has 7 nitrogen and oxygen atoms in total. The van der Waals surface area contributed by atoms with Crippen molar-refractivity contribution in [1.82, 2.24) is 24.8 Å². The van der Waals surface area contributed by atoms with Crippen LogP contribution < -0.4 is 5.73 Å². The molecule has 0 amide bonds. The highest BCUT2D eigenvalue weighted by molar-refractivity contribution is 5.37. The molecule has 1 aliphatic heterocycles. The van der Waals surface area contributed by atoms with Gasteiger partial charge in [0.25, 0.3) is 5.95 Å². The van der Waals surface area contributed by atoms with Gasteiger partial charge in [-0.2, -0.15) is 14.8 Å². The number of hydrogen-bond donors (Lipinski definition) is 1. The number of nitrogens with zero attached hydrogens (tertiary/aromatic N) is 5. The van der Waals surface area contributed by atoms with E-state index >= 15 is 0 Å². The third kappa shape index (κ3) is 2.55. The predicted octanol–water partition coefficient (Wildman–Crippen LogP) is 1.13.